The van der Waals surface area contributed by atoms with Gasteiger partial charge in [-0.3, -0.25) is 0 Å². The van der Waals surface area contributed by atoms with E-state index in [1.165, 1.54) is 0 Å². The summed E-state index contributed by atoms with van der Waals surface area (Å²) < 4.78 is 43.8. The van der Waals surface area contributed by atoms with Crippen LogP contribution in [0.25, 0.3) is 11.5 Å². The summed E-state index contributed by atoms with van der Waals surface area (Å²) in [6.07, 6.45) is 0. The molecule has 1 aromatic carbocycles. The van der Waals surface area contributed by atoms with Crippen molar-refractivity contribution >= 4 is 11.6 Å². The molecule has 1 atom stereocenters. The Bertz CT molecular complexity index is 556. The van der Waals surface area contributed by atoms with Gasteiger partial charge >= 0.3 is 0 Å². The molecule has 1 heterocycles. The van der Waals surface area contributed by atoms with Gasteiger partial charge in [0.15, 0.2) is 23.3 Å². The highest BCUT2D eigenvalue weighted by atomic mass is 35.5. The summed E-state index contributed by atoms with van der Waals surface area (Å²) in [6.45, 7) is 1.60. The average molecular weight is 263 g/mol. The van der Waals surface area contributed by atoms with Crippen LogP contribution in [0.2, 0.25) is 0 Å². The van der Waals surface area contributed by atoms with Crippen LogP contribution < -0.4 is 0 Å². The lowest BCUT2D eigenvalue weighted by Gasteiger charge is -1.99. The molecular weight excluding hydrogens is 257 g/mol. The molecule has 0 spiro atoms. The SMILES string of the molecule is CC(Cl)c1noc(-c2ccc(F)c(F)c2F)n1. The third kappa shape index (κ3) is 2.12. The van der Waals surface area contributed by atoms with Crippen LogP contribution in [0, 0.1) is 17.5 Å². The fourth-order valence-electron chi connectivity index (χ4n) is 1.20. The Morgan fingerprint density at radius 1 is 1.24 bits per heavy atom. The van der Waals surface area contributed by atoms with Crippen LogP contribution in [0.3, 0.4) is 0 Å². The van der Waals surface area contributed by atoms with Gasteiger partial charge in [0, 0.05) is 0 Å². The van der Waals surface area contributed by atoms with E-state index in [9.17, 15) is 13.2 Å². The van der Waals surface area contributed by atoms with Crippen LogP contribution in [-0.2, 0) is 0 Å². The van der Waals surface area contributed by atoms with Crippen molar-refractivity contribution in [1.82, 2.24) is 10.1 Å². The Morgan fingerprint density at radius 2 is 1.94 bits per heavy atom. The fraction of sp³-hybridized carbons (Fsp3) is 0.200. The summed E-state index contributed by atoms with van der Waals surface area (Å²) in [6, 6.07) is 1.80. The largest absolute Gasteiger partial charge is 0.334 e. The summed E-state index contributed by atoms with van der Waals surface area (Å²) in [7, 11) is 0. The second-order valence-corrected chi connectivity index (χ2v) is 3.95. The first kappa shape index (κ1) is 11.9. The summed E-state index contributed by atoms with van der Waals surface area (Å²) in [4.78, 5) is 3.77. The molecule has 1 aromatic heterocycles. The lowest BCUT2D eigenvalue weighted by atomic mass is 10.2. The molecule has 0 fully saturated rings. The maximum Gasteiger partial charge on any atom is 0.261 e. The Balaban J connectivity index is 2.49. The van der Waals surface area contributed by atoms with Crippen molar-refractivity contribution in [3.05, 3.63) is 35.4 Å². The van der Waals surface area contributed by atoms with E-state index in [4.69, 9.17) is 16.1 Å². The van der Waals surface area contributed by atoms with E-state index in [1.807, 2.05) is 0 Å². The lowest BCUT2D eigenvalue weighted by molar-refractivity contribution is 0.413. The van der Waals surface area contributed by atoms with E-state index < -0.39 is 22.8 Å². The first-order chi connectivity index (χ1) is 8.00. The Hall–Kier alpha value is -1.56. The standard InChI is InChI=1S/C10H6ClF3N2O/c1-4(11)9-15-10(17-16-9)5-2-3-6(12)8(14)7(5)13/h2-4H,1H3. The molecule has 2 rings (SSSR count). The number of halogens is 4. The Kier molecular flexibility index (Phi) is 3.06. The highest BCUT2D eigenvalue weighted by Gasteiger charge is 2.20. The smallest absolute Gasteiger partial charge is 0.261 e. The maximum absolute atomic E-state index is 13.4. The van der Waals surface area contributed by atoms with Gasteiger partial charge in [-0.2, -0.15) is 4.98 Å². The van der Waals surface area contributed by atoms with Crippen molar-refractivity contribution in [3.8, 4) is 11.5 Å². The second kappa shape index (κ2) is 4.37. The zero-order chi connectivity index (χ0) is 12.6. The highest BCUT2D eigenvalue weighted by Crippen LogP contribution is 2.26. The van der Waals surface area contributed by atoms with E-state index in [-0.39, 0.29) is 17.3 Å². The van der Waals surface area contributed by atoms with E-state index in [1.54, 1.807) is 6.92 Å². The quantitative estimate of drug-likeness (QED) is 0.615. The lowest BCUT2D eigenvalue weighted by Crippen LogP contribution is -1.94. The molecule has 0 radical (unpaired) electrons. The molecular formula is C10H6ClF3N2O. The molecule has 0 N–H and O–H groups in total. The van der Waals surface area contributed by atoms with E-state index in [0.29, 0.717) is 0 Å². The minimum Gasteiger partial charge on any atom is -0.334 e. The van der Waals surface area contributed by atoms with Crippen LogP contribution in [-0.4, -0.2) is 10.1 Å². The van der Waals surface area contributed by atoms with Gasteiger partial charge in [0.05, 0.1) is 10.9 Å². The molecule has 1 unspecified atom stereocenters. The normalized spacial score (nSPS) is 12.8. The minimum atomic E-state index is -1.58. The first-order valence-electron chi connectivity index (χ1n) is 4.62. The zero-order valence-electron chi connectivity index (χ0n) is 8.55. The van der Waals surface area contributed by atoms with Gasteiger partial charge in [-0.05, 0) is 19.1 Å². The van der Waals surface area contributed by atoms with Gasteiger partial charge < -0.3 is 4.52 Å². The highest BCUT2D eigenvalue weighted by molar-refractivity contribution is 6.20. The summed E-state index contributed by atoms with van der Waals surface area (Å²) in [5.41, 5.74) is -0.306. The molecule has 0 aliphatic heterocycles. The minimum absolute atomic E-state index is 0.144. The molecule has 0 saturated carbocycles. The van der Waals surface area contributed by atoms with Crippen molar-refractivity contribution in [1.29, 1.82) is 0 Å². The summed E-state index contributed by atoms with van der Waals surface area (Å²) in [5, 5.41) is 2.96. The van der Waals surface area contributed by atoms with Crippen molar-refractivity contribution < 1.29 is 17.7 Å². The van der Waals surface area contributed by atoms with Crippen LogP contribution in [0.15, 0.2) is 16.7 Å². The molecule has 3 nitrogen and oxygen atoms in total. The molecule has 90 valence electrons. The van der Waals surface area contributed by atoms with Crippen LogP contribution in [0.1, 0.15) is 18.1 Å². The summed E-state index contributed by atoms with van der Waals surface area (Å²) in [5.74, 6) is -4.34. The molecule has 0 bridgehead atoms. The molecule has 17 heavy (non-hydrogen) atoms. The third-order valence-corrected chi connectivity index (χ3v) is 2.26. The van der Waals surface area contributed by atoms with Crippen molar-refractivity contribution in [3.63, 3.8) is 0 Å². The van der Waals surface area contributed by atoms with Crippen molar-refractivity contribution in [2.75, 3.05) is 0 Å². The number of nitrogens with zero attached hydrogens (tertiary/aromatic N) is 2. The number of benzene rings is 1. The van der Waals surface area contributed by atoms with Gasteiger partial charge in [0.2, 0.25) is 0 Å². The maximum atomic E-state index is 13.4. The topological polar surface area (TPSA) is 38.9 Å². The zero-order valence-corrected chi connectivity index (χ0v) is 9.30. The summed E-state index contributed by atoms with van der Waals surface area (Å²) >= 11 is 5.69. The molecule has 0 saturated heterocycles. The number of hydrogen-bond donors (Lipinski definition) is 0. The second-order valence-electron chi connectivity index (χ2n) is 3.30. The van der Waals surface area contributed by atoms with Gasteiger partial charge in [-0.15, -0.1) is 11.6 Å². The molecule has 0 aliphatic carbocycles. The Labute approximate surface area is 99.2 Å². The number of rotatable bonds is 2. The number of alkyl halides is 1. The van der Waals surface area contributed by atoms with Gasteiger partial charge in [0.25, 0.3) is 5.89 Å². The molecule has 0 aliphatic rings. The molecule has 0 amide bonds. The van der Waals surface area contributed by atoms with Gasteiger partial charge in [-0.1, -0.05) is 5.16 Å². The van der Waals surface area contributed by atoms with Gasteiger partial charge in [0.1, 0.15) is 0 Å². The van der Waals surface area contributed by atoms with Crippen LogP contribution in [0.5, 0.6) is 0 Å². The van der Waals surface area contributed by atoms with E-state index >= 15 is 0 Å². The van der Waals surface area contributed by atoms with Crippen LogP contribution >= 0.6 is 11.6 Å². The predicted octanol–water partition coefficient (Wildman–Crippen LogP) is 3.45. The monoisotopic (exact) mass is 262 g/mol. The van der Waals surface area contributed by atoms with Gasteiger partial charge in [-0.25, -0.2) is 13.2 Å². The molecule has 7 heteroatoms. The van der Waals surface area contributed by atoms with Crippen molar-refractivity contribution in [2.24, 2.45) is 0 Å². The number of hydrogen-bond acceptors (Lipinski definition) is 3. The number of aromatic nitrogens is 2. The van der Waals surface area contributed by atoms with E-state index in [0.717, 1.165) is 12.1 Å². The Morgan fingerprint density at radius 3 is 2.53 bits per heavy atom. The average Bonchev–Trinajstić information content (AvgIpc) is 2.75. The molecule has 2 aromatic rings. The predicted molar refractivity (Wildman–Crippen MR) is 53.9 cm³/mol. The first-order valence-corrected chi connectivity index (χ1v) is 5.06. The fourth-order valence-corrected chi connectivity index (χ4v) is 1.29. The van der Waals surface area contributed by atoms with E-state index in [2.05, 4.69) is 10.1 Å². The third-order valence-electron chi connectivity index (χ3n) is 2.06. The van der Waals surface area contributed by atoms with Crippen molar-refractivity contribution in [2.45, 2.75) is 12.3 Å². The van der Waals surface area contributed by atoms with Crippen LogP contribution in [0.4, 0.5) is 13.2 Å².